The van der Waals surface area contributed by atoms with E-state index in [2.05, 4.69) is 20.7 Å². The molecule has 7 heteroatoms. The van der Waals surface area contributed by atoms with Crippen LogP contribution < -0.4 is 10.5 Å². The highest BCUT2D eigenvalue weighted by Crippen LogP contribution is 2.24. The van der Waals surface area contributed by atoms with Crippen LogP contribution >= 0.6 is 15.9 Å². The summed E-state index contributed by atoms with van der Waals surface area (Å²) in [6.07, 6.45) is -2.84. The van der Waals surface area contributed by atoms with Gasteiger partial charge in [0.25, 0.3) is 0 Å². The zero-order valence-corrected chi connectivity index (χ0v) is 12.6. The van der Waals surface area contributed by atoms with E-state index in [1.165, 1.54) is 0 Å². The lowest BCUT2D eigenvalue weighted by Gasteiger charge is -2.13. The Hall–Kier alpha value is -0.790. The Morgan fingerprint density at radius 1 is 1.35 bits per heavy atom. The number of hydrogen-bond donors (Lipinski definition) is 1. The first kappa shape index (κ1) is 17.3. The van der Waals surface area contributed by atoms with E-state index in [1.807, 2.05) is 6.92 Å². The maximum Gasteiger partial charge on any atom is 0.411 e. The van der Waals surface area contributed by atoms with Gasteiger partial charge in [-0.2, -0.15) is 13.2 Å². The lowest BCUT2D eigenvalue weighted by atomic mass is 10.0. The predicted molar refractivity (Wildman–Crippen MR) is 73.6 cm³/mol. The summed E-state index contributed by atoms with van der Waals surface area (Å²) in [5, 5.41) is 0. The van der Waals surface area contributed by atoms with Crippen molar-refractivity contribution in [2.75, 3.05) is 13.4 Å². The van der Waals surface area contributed by atoms with Gasteiger partial charge in [0, 0.05) is 10.5 Å². The number of nitrogens with two attached hydrogens (primary N) is 1. The van der Waals surface area contributed by atoms with Crippen LogP contribution in [0.2, 0.25) is 0 Å². The molecule has 0 aliphatic carbocycles. The zero-order valence-electron chi connectivity index (χ0n) is 11.0. The van der Waals surface area contributed by atoms with Crippen LogP contribution in [0.3, 0.4) is 0 Å². The maximum atomic E-state index is 11.9. The molecule has 0 aliphatic rings. The van der Waals surface area contributed by atoms with Gasteiger partial charge >= 0.3 is 6.18 Å². The molecule has 1 rings (SSSR count). The molecule has 0 amide bonds. The van der Waals surface area contributed by atoms with E-state index >= 15 is 0 Å². The molecule has 114 valence electrons. The summed E-state index contributed by atoms with van der Waals surface area (Å²) in [4.78, 5) is 0. The summed E-state index contributed by atoms with van der Waals surface area (Å²) >= 11 is 3.40. The highest BCUT2D eigenvalue weighted by molar-refractivity contribution is 9.10. The van der Waals surface area contributed by atoms with Crippen molar-refractivity contribution in [2.45, 2.75) is 32.0 Å². The molecule has 1 aromatic rings. The fourth-order valence-corrected chi connectivity index (χ4v) is 1.90. The largest absolute Gasteiger partial charge is 0.468 e. The third kappa shape index (κ3) is 6.58. The van der Waals surface area contributed by atoms with Crippen LogP contribution in [-0.4, -0.2) is 25.6 Å². The predicted octanol–water partition coefficient (Wildman–Crippen LogP) is 3.64. The SMILES string of the molecule is CCC(N)Cc1cc(OCOCC(F)(F)F)ccc1Br. The molecular formula is C13H17BrF3NO2. The smallest absolute Gasteiger partial charge is 0.411 e. The van der Waals surface area contributed by atoms with Crippen LogP contribution in [0.25, 0.3) is 0 Å². The van der Waals surface area contributed by atoms with Crippen molar-refractivity contribution in [1.82, 2.24) is 0 Å². The van der Waals surface area contributed by atoms with Gasteiger partial charge < -0.3 is 15.2 Å². The highest BCUT2D eigenvalue weighted by Gasteiger charge is 2.27. The Kier molecular flexibility index (Phi) is 6.78. The quantitative estimate of drug-likeness (QED) is 0.599. The summed E-state index contributed by atoms with van der Waals surface area (Å²) in [7, 11) is 0. The van der Waals surface area contributed by atoms with Crippen molar-refractivity contribution in [3.8, 4) is 5.75 Å². The molecule has 0 spiro atoms. The van der Waals surface area contributed by atoms with E-state index in [9.17, 15) is 13.2 Å². The van der Waals surface area contributed by atoms with Crippen molar-refractivity contribution in [1.29, 1.82) is 0 Å². The van der Waals surface area contributed by atoms with Gasteiger partial charge in [-0.05, 0) is 36.6 Å². The molecule has 0 saturated heterocycles. The topological polar surface area (TPSA) is 44.5 Å². The first-order valence-corrected chi connectivity index (χ1v) is 6.92. The molecular weight excluding hydrogens is 339 g/mol. The number of alkyl halides is 3. The van der Waals surface area contributed by atoms with Crippen LogP contribution in [0.15, 0.2) is 22.7 Å². The Balaban J connectivity index is 2.52. The van der Waals surface area contributed by atoms with Crippen molar-refractivity contribution in [2.24, 2.45) is 5.73 Å². The van der Waals surface area contributed by atoms with Crippen molar-refractivity contribution < 1.29 is 22.6 Å². The molecule has 0 saturated carbocycles. The third-order valence-electron chi connectivity index (χ3n) is 2.60. The van der Waals surface area contributed by atoms with E-state index in [1.54, 1.807) is 18.2 Å². The van der Waals surface area contributed by atoms with E-state index in [4.69, 9.17) is 10.5 Å². The molecule has 3 nitrogen and oxygen atoms in total. The monoisotopic (exact) mass is 355 g/mol. The highest BCUT2D eigenvalue weighted by atomic mass is 79.9. The molecule has 20 heavy (non-hydrogen) atoms. The van der Waals surface area contributed by atoms with Crippen LogP contribution in [-0.2, 0) is 11.2 Å². The Morgan fingerprint density at radius 3 is 2.65 bits per heavy atom. The number of hydrogen-bond acceptors (Lipinski definition) is 3. The van der Waals surface area contributed by atoms with Gasteiger partial charge in [-0.1, -0.05) is 22.9 Å². The number of halogens is 4. The zero-order chi connectivity index (χ0) is 15.2. The van der Waals surface area contributed by atoms with Gasteiger partial charge in [0.05, 0.1) is 0 Å². The van der Waals surface area contributed by atoms with Crippen LogP contribution in [0.4, 0.5) is 13.2 Å². The van der Waals surface area contributed by atoms with Crippen molar-refractivity contribution in [3.63, 3.8) is 0 Å². The van der Waals surface area contributed by atoms with Gasteiger partial charge in [-0.15, -0.1) is 0 Å². The molecule has 0 fully saturated rings. The number of rotatable bonds is 7. The fourth-order valence-electron chi connectivity index (χ4n) is 1.49. The van der Waals surface area contributed by atoms with E-state index < -0.39 is 19.6 Å². The second-order valence-electron chi connectivity index (χ2n) is 4.35. The van der Waals surface area contributed by atoms with Gasteiger partial charge in [-0.25, -0.2) is 0 Å². The lowest BCUT2D eigenvalue weighted by molar-refractivity contribution is -0.186. The van der Waals surface area contributed by atoms with Gasteiger partial charge in [0.15, 0.2) is 6.79 Å². The molecule has 2 N–H and O–H groups in total. The van der Waals surface area contributed by atoms with Crippen LogP contribution in [0.5, 0.6) is 5.75 Å². The second kappa shape index (κ2) is 7.85. The lowest BCUT2D eigenvalue weighted by Crippen LogP contribution is -2.21. The van der Waals surface area contributed by atoms with E-state index in [0.29, 0.717) is 12.2 Å². The maximum absolute atomic E-state index is 11.9. The van der Waals surface area contributed by atoms with Gasteiger partial charge in [0.1, 0.15) is 12.4 Å². The number of benzene rings is 1. The first-order valence-electron chi connectivity index (χ1n) is 6.13. The second-order valence-corrected chi connectivity index (χ2v) is 5.21. The van der Waals surface area contributed by atoms with Crippen molar-refractivity contribution >= 4 is 15.9 Å². The molecule has 0 aliphatic heterocycles. The van der Waals surface area contributed by atoms with Crippen LogP contribution in [0, 0.1) is 0 Å². The molecule has 0 heterocycles. The van der Waals surface area contributed by atoms with E-state index in [-0.39, 0.29) is 6.04 Å². The number of ether oxygens (including phenoxy) is 2. The average molecular weight is 356 g/mol. The first-order chi connectivity index (χ1) is 9.31. The van der Waals surface area contributed by atoms with Gasteiger partial charge in [0.2, 0.25) is 0 Å². The minimum atomic E-state index is -4.35. The molecule has 0 aromatic heterocycles. The van der Waals surface area contributed by atoms with Gasteiger partial charge in [-0.3, -0.25) is 0 Å². The minimum absolute atomic E-state index is 0.0306. The normalized spacial score (nSPS) is 13.3. The minimum Gasteiger partial charge on any atom is -0.468 e. The molecule has 0 bridgehead atoms. The molecule has 1 unspecified atom stereocenters. The summed E-state index contributed by atoms with van der Waals surface area (Å²) in [5.41, 5.74) is 6.83. The van der Waals surface area contributed by atoms with Crippen LogP contribution in [0.1, 0.15) is 18.9 Å². The summed E-state index contributed by atoms with van der Waals surface area (Å²) in [6.45, 7) is 0.224. The standard InChI is InChI=1S/C13H17BrF3NO2/c1-2-10(18)5-9-6-11(3-4-12(9)14)20-8-19-7-13(15,16)17/h3-4,6,10H,2,5,7-8,18H2,1H3. The summed E-state index contributed by atoms with van der Waals surface area (Å²) < 4.78 is 46.1. The Morgan fingerprint density at radius 2 is 2.05 bits per heavy atom. The fraction of sp³-hybridized carbons (Fsp3) is 0.538. The Bertz CT molecular complexity index is 427. The molecule has 1 atom stereocenters. The van der Waals surface area contributed by atoms with E-state index in [0.717, 1.165) is 16.5 Å². The average Bonchev–Trinajstić information content (AvgIpc) is 2.37. The summed E-state index contributed by atoms with van der Waals surface area (Å²) in [6, 6.07) is 5.21. The Labute approximate surface area is 124 Å². The van der Waals surface area contributed by atoms with Crippen molar-refractivity contribution in [3.05, 3.63) is 28.2 Å². The summed E-state index contributed by atoms with van der Waals surface area (Å²) in [5.74, 6) is 0.452. The molecule has 0 radical (unpaired) electrons. The third-order valence-corrected chi connectivity index (χ3v) is 3.37. The molecule has 1 aromatic carbocycles.